The zero-order valence-corrected chi connectivity index (χ0v) is 15.0. The molecular weight excluding hydrogens is 347 g/mol. The van der Waals surface area contributed by atoms with Crippen molar-refractivity contribution in [2.75, 3.05) is 0 Å². The van der Waals surface area contributed by atoms with Gasteiger partial charge in [-0.15, -0.1) is 11.5 Å². The van der Waals surface area contributed by atoms with Gasteiger partial charge in [-0.2, -0.15) is 18.2 Å². The minimum absolute atomic E-state index is 0.0642. The average molecular weight is 367 g/mol. The second kappa shape index (κ2) is 6.94. The monoisotopic (exact) mass is 367 g/mol. The molecule has 6 nitrogen and oxygen atoms in total. The van der Waals surface area contributed by atoms with Crippen LogP contribution in [0.4, 0.5) is 13.2 Å². The Morgan fingerprint density at radius 3 is 2.35 bits per heavy atom. The number of carbonyl (C=O) groups is 1. The maximum Gasteiger partial charge on any atom is 0.453 e. The zero-order chi connectivity index (χ0) is 19.7. The van der Waals surface area contributed by atoms with Gasteiger partial charge in [-0.25, -0.2) is 9.50 Å². The number of hydrogen-bond donors (Lipinski definition) is 1. The van der Waals surface area contributed by atoms with Crippen molar-refractivity contribution in [3.05, 3.63) is 22.8 Å². The van der Waals surface area contributed by atoms with E-state index in [1.165, 1.54) is 0 Å². The SMILES string of the molecule is C#CC(CC)(CC)NC(=O)Cc1c(C)nc2nc(C(F)(F)F)nn2c1C. The number of nitrogens with zero attached hydrogens (tertiary/aromatic N) is 4. The van der Waals surface area contributed by atoms with Crippen molar-refractivity contribution >= 4 is 11.7 Å². The fourth-order valence-electron chi connectivity index (χ4n) is 2.72. The van der Waals surface area contributed by atoms with Crippen molar-refractivity contribution in [1.82, 2.24) is 24.9 Å². The number of carbonyl (C=O) groups excluding carboxylic acids is 1. The van der Waals surface area contributed by atoms with Crippen LogP contribution in [0.3, 0.4) is 0 Å². The van der Waals surface area contributed by atoms with Gasteiger partial charge in [-0.1, -0.05) is 19.8 Å². The van der Waals surface area contributed by atoms with E-state index in [-0.39, 0.29) is 18.1 Å². The summed E-state index contributed by atoms with van der Waals surface area (Å²) in [6, 6.07) is 0. The molecular formula is C17H20F3N5O. The van der Waals surface area contributed by atoms with Crippen molar-refractivity contribution < 1.29 is 18.0 Å². The molecule has 0 aromatic carbocycles. The van der Waals surface area contributed by atoms with E-state index in [9.17, 15) is 18.0 Å². The van der Waals surface area contributed by atoms with Crippen molar-refractivity contribution in [3.8, 4) is 12.3 Å². The van der Waals surface area contributed by atoms with Crippen LogP contribution in [0.15, 0.2) is 0 Å². The van der Waals surface area contributed by atoms with Gasteiger partial charge < -0.3 is 5.32 Å². The van der Waals surface area contributed by atoms with Gasteiger partial charge in [0.15, 0.2) is 0 Å². The Kier molecular flexibility index (Phi) is 5.26. The summed E-state index contributed by atoms with van der Waals surface area (Å²) < 4.78 is 39.5. The number of terminal acetylenes is 1. The molecule has 2 aromatic heterocycles. The molecule has 26 heavy (non-hydrogen) atoms. The Morgan fingerprint density at radius 1 is 1.23 bits per heavy atom. The summed E-state index contributed by atoms with van der Waals surface area (Å²) in [6.07, 6.45) is 1.95. The van der Waals surface area contributed by atoms with Crippen LogP contribution in [0.5, 0.6) is 0 Å². The lowest BCUT2D eigenvalue weighted by molar-refractivity contribution is -0.144. The standard InChI is InChI=1S/C17H20F3N5O/c1-6-16(7-2,8-3)23-13(26)9-12-10(4)21-15-22-14(17(18,19)20)24-25(15)11(12)5/h1H,7-9H2,2-5H3,(H,23,26). The summed E-state index contributed by atoms with van der Waals surface area (Å²) in [7, 11) is 0. The highest BCUT2D eigenvalue weighted by Gasteiger charge is 2.37. The number of aryl methyl sites for hydroxylation is 2. The maximum atomic E-state index is 12.8. The Labute approximate surface area is 149 Å². The lowest BCUT2D eigenvalue weighted by Gasteiger charge is -2.27. The van der Waals surface area contributed by atoms with Crippen LogP contribution in [-0.2, 0) is 17.4 Å². The molecule has 0 aliphatic carbocycles. The number of alkyl halides is 3. The van der Waals surface area contributed by atoms with Crippen LogP contribution in [0.1, 0.15) is 49.5 Å². The summed E-state index contributed by atoms with van der Waals surface area (Å²) >= 11 is 0. The molecule has 2 heterocycles. The number of halogens is 3. The van der Waals surface area contributed by atoms with E-state index in [1.807, 2.05) is 13.8 Å². The van der Waals surface area contributed by atoms with Crippen molar-refractivity contribution in [2.45, 2.75) is 58.7 Å². The maximum absolute atomic E-state index is 12.8. The van der Waals surface area contributed by atoms with E-state index in [0.29, 0.717) is 29.8 Å². The van der Waals surface area contributed by atoms with E-state index in [0.717, 1.165) is 4.52 Å². The van der Waals surface area contributed by atoms with Crippen LogP contribution in [0.2, 0.25) is 0 Å². The Hall–Kier alpha value is -2.63. The van der Waals surface area contributed by atoms with Gasteiger partial charge in [0, 0.05) is 17.0 Å². The number of fused-ring (bicyclic) bond motifs is 1. The summed E-state index contributed by atoms with van der Waals surface area (Å²) in [5.41, 5.74) is 0.551. The van der Waals surface area contributed by atoms with Crippen LogP contribution in [0.25, 0.3) is 5.78 Å². The fourth-order valence-corrected chi connectivity index (χ4v) is 2.72. The molecule has 0 saturated carbocycles. The molecule has 2 rings (SSSR count). The molecule has 0 atom stereocenters. The van der Waals surface area contributed by atoms with Crippen molar-refractivity contribution in [1.29, 1.82) is 0 Å². The third kappa shape index (κ3) is 3.64. The Bertz CT molecular complexity index is 875. The topological polar surface area (TPSA) is 72.2 Å². The van der Waals surface area contributed by atoms with Gasteiger partial charge in [0.1, 0.15) is 5.54 Å². The average Bonchev–Trinajstić information content (AvgIpc) is 3.01. The first-order valence-electron chi connectivity index (χ1n) is 8.15. The number of rotatable bonds is 5. The van der Waals surface area contributed by atoms with Crippen LogP contribution in [-0.4, -0.2) is 31.0 Å². The van der Waals surface area contributed by atoms with Gasteiger partial charge >= 0.3 is 6.18 Å². The first kappa shape index (κ1) is 19.7. The van der Waals surface area contributed by atoms with Gasteiger partial charge in [-0.3, -0.25) is 4.79 Å². The van der Waals surface area contributed by atoms with E-state index in [2.05, 4.69) is 26.3 Å². The molecule has 9 heteroatoms. The van der Waals surface area contributed by atoms with Gasteiger partial charge in [-0.05, 0) is 26.7 Å². The Morgan fingerprint density at radius 2 is 1.85 bits per heavy atom. The highest BCUT2D eigenvalue weighted by molar-refractivity contribution is 5.80. The molecule has 0 unspecified atom stereocenters. The highest BCUT2D eigenvalue weighted by atomic mass is 19.4. The second-order valence-electron chi connectivity index (χ2n) is 6.06. The number of nitrogens with one attached hydrogen (secondary N) is 1. The predicted octanol–water partition coefficient (Wildman–Crippen LogP) is 2.61. The summed E-state index contributed by atoms with van der Waals surface area (Å²) in [5, 5.41) is 6.30. The van der Waals surface area contributed by atoms with Gasteiger partial charge in [0.05, 0.1) is 6.42 Å². The molecule has 140 valence electrons. The summed E-state index contributed by atoms with van der Waals surface area (Å²) in [6.45, 7) is 6.95. The highest BCUT2D eigenvalue weighted by Crippen LogP contribution is 2.27. The fraction of sp³-hybridized carbons (Fsp3) is 0.529. The molecule has 0 bridgehead atoms. The zero-order valence-electron chi connectivity index (χ0n) is 15.0. The van der Waals surface area contributed by atoms with Crippen LogP contribution >= 0.6 is 0 Å². The lowest BCUT2D eigenvalue weighted by Crippen LogP contribution is -2.47. The Balaban J connectivity index is 2.38. The quantitative estimate of drug-likeness (QED) is 0.825. The smallest absolute Gasteiger partial charge is 0.340 e. The van der Waals surface area contributed by atoms with E-state index in [1.54, 1.807) is 13.8 Å². The number of hydrogen-bond acceptors (Lipinski definition) is 4. The third-order valence-electron chi connectivity index (χ3n) is 4.50. The lowest BCUT2D eigenvalue weighted by atomic mass is 9.93. The second-order valence-corrected chi connectivity index (χ2v) is 6.06. The van der Waals surface area contributed by atoms with Gasteiger partial charge in [0.25, 0.3) is 11.6 Å². The van der Waals surface area contributed by atoms with Crippen molar-refractivity contribution in [2.24, 2.45) is 0 Å². The number of aromatic nitrogens is 4. The first-order valence-corrected chi connectivity index (χ1v) is 8.15. The summed E-state index contributed by atoms with van der Waals surface area (Å²) in [4.78, 5) is 19.9. The molecule has 2 aromatic rings. The van der Waals surface area contributed by atoms with Crippen molar-refractivity contribution in [3.63, 3.8) is 0 Å². The normalized spacial score (nSPS) is 12.2. The summed E-state index contributed by atoms with van der Waals surface area (Å²) in [5.74, 6) is 0.864. The third-order valence-corrected chi connectivity index (χ3v) is 4.50. The molecule has 0 aliphatic heterocycles. The van der Waals surface area contributed by atoms with E-state index in [4.69, 9.17) is 6.42 Å². The van der Waals surface area contributed by atoms with E-state index >= 15 is 0 Å². The van der Waals surface area contributed by atoms with E-state index < -0.39 is 17.5 Å². The van der Waals surface area contributed by atoms with Gasteiger partial charge in [0.2, 0.25) is 5.91 Å². The molecule has 0 aliphatic rings. The van der Waals surface area contributed by atoms with Crippen LogP contribution < -0.4 is 5.32 Å². The predicted molar refractivity (Wildman–Crippen MR) is 89.3 cm³/mol. The molecule has 0 spiro atoms. The largest absolute Gasteiger partial charge is 0.453 e. The molecule has 0 radical (unpaired) electrons. The minimum Gasteiger partial charge on any atom is -0.340 e. The minimum atomic E-state index is -4.67. The first-order chi connectivity index (χ1) is 12.1. The molecule has 1 amide bonds. The molecule has 0 fully saturated rings. The molecule has 1 N–H and O–H groups in total. The van der Waals surface area contributed by atoms with Crippen LogP contribution in [0, 0.1) is 26.2 Å². The number of amides is 1. The molecule has 0 saturated heterocycles.